The lowest BCUT2D eigenvalue weighted by Crippen LogP contribution is -2.61. The van der Waals surface area contributed by atoms with Crippen molar-refractivity contribution >= 4 is 6.21 Å². The Hall–Kier alpha value is -1.69. The summed E-state index contributed by atoms with van der Waals surface area (Å²) in [7, 11) is 1.59. The van der Waals surface area contributed by atoms with E-state index in [0.29, 0.717) is 25.5 Å². The minimum atomic E-state index is -0.759. The van der Waals surface area contributed by atoms with Gasteiger partial charge in [0.05, 0.1) is 0 Å². The number of piperidine rings is 3. The molecule has 5 heteroatoms. The molecule has 2 atom stereocenters. The van der Waals surface area contributed by atoms with Crippen LogP contribution in [0.5, 0.6) is 5.75 Å². The van der Waals surface area contributed by atoms with Crippen LogP contribution in [0.15, 0.2) is 30.9 Å². The Morgan fingerprint density at radius 1 is 1.44 bits per heavy atom. The Bertz CT molecular complexity index is 625. The first kappa shape index (κ1) is 18.1. The molecular weight excluding hydrogens is 316 g/mol. The average Bonchev–Trinajstić information content (AvgIpc) is 2.63. The van der Waals surface area contributed by atoms with Gasteiger partial charge in [0, 0.05) is 19.9 Å². The second kappa shape index (κ2) is 7.68. The molecular formula is C20H28N2O3. The van der Waals surface area contributed by atoms with Crippen LogP contribution in [0.4, 0.5) is 0 Å². The van der Waals surface area contributed by atoms with E-state index in [1.54, 1.807) is 7.11 Å². The van der Waals surface area contributed by atoms with E-state index in [1.807, 2.05) is 24.3 Å². The van der Waals surface area contributed by atoms with Crippen molar-refractivity contribution in [2.75, 3.05) is 33.4 Å². The zero-order valence-corrected chi connectivity index (χ0v) is 14.9. The van der Waals surface area contributed by atoms with Crippen molar-refractivity contribution in [2.24, 2.45) is 5.92 Å². The number of hydrogen-bond acceptors (Lipinski definition) is 5. The van der Waals surface area contributed by atoms with Crippen LogP contribution in [0, 0.1) is 11.3 Å². The summed E-state index contributed by atoms with van der Waals surface area (Å²) in [6, 6.07) is 5.83. The largest absolute Gasteiger partial charge is 0.490 e. The summed E-state index contributed by atoms with van der Waals surface area (Å²) < 4.78 is 11.4. The number of nitrogens with one attached hydrogen (secondary N) is 1. The fraction of sp³-hybridized carbons (Fsp3) is 0.550. The summed E-state index contributed by atoms with van der Waals surface area (Å²) in [5.41, 5.74) is 1.16. The number of hydrogen-bond donors (Lipinski definition) is 2. The monoisotopic (exact) mass is 344 g/mol. The van der Waals surface area contributed by atoms with Crippen LogP contribution in [0.2, 0.25) is 0 Å². The Labute approximate surface area is 149 Å². The Balaban J connectivity index is 1.75. The molecule has 136 valence electrons. The van der Waals surface area contributed by atoms with Gasteiger partial charge in [0.15, 0.2) is 0 Å². The molecule has 2 N–H and O–H groups in total. The molecule has 1 aromatic rings. The molecule has 5 nitrogen and oxygen atoms in total. The quantitative estimate of drug-likeness (QED) is 0.562. The van der Waals surface area contributed by atoms with Gasteiger partial charge >= 0.3 is 0 Å². The van der Waals surface area contributed by atoms with E-state index in [2.05, 4.69) is 11.5 Å². The van der Waals surface area contributed by atoms with Crippen molar-refractivity contribution in [3.63, 3.8) is 0 Å². The lowest BCUT2D eigenvalue weighted by atomic mass is 9.76. The molecule has 3 aliphatic rings. The fourth-order valence-electron chi connectivity index (χ4n) is 4.04. The Morgan fingerprint density at radius 2 is 2.20 bits per heavy atom. The number of rotatable bonds is 8. The van der Waals surface area contributed by atoms with Gasteiger partial charge in [-0.3, -0.25) is 0 Å². The maximum absolute atomic E-state index is 11.0. The number of ether oxygens (including phenoxy) is 2. The molecule has 4 rings (SSSR count). The van der Waals surface area contributed by atoms with Crippen molar-refractivity contribution < 1.29 is 14.6 Å². The highest BCUT2D eigenvalue weighted by Gasteiger charge is 2.46. The first-order valence-corrected chi connectivity index (χ1v) is 8.94. The minimum absolute atomic E-state index is 0.315. The van der Waals surface area contributed by atoms with Crippen LogP contribution < -0.4 is 4.74 Å². The average molecular weight is 344 g/mol. The second-order valence-electron chi connectivity index (χ2n) is 7.13. The number of allylic oxidation sites excluding steroid dienone is 1. The van der Waals surface area contributed by atoms with Crippen LogP contribution in [0.1, 0.15) is 30.1 Å². The van der Waals surface area contributed by atoms with Crippen molar-refractivity contribution in [1.29, 1.82) is 5.41 Å². The van der Waals surface area contributed by atoms with Crippen molar-refractivity contribution in [3.8, 4) is 5.75 Å². The lowest BCUT2D eigenvalue weighted by molar-refractivity contribution is -0.131. The first-order valence-electron chi connectivity index (χ1n) is 8.94. The molecule has 0 amide bonds. The molecule has 25 heavy (non-hydrogen) atoms. The summed E-state index contributed by atoms with van der Waals surface area (Å²) in [6.45, 7) is 7.01. The van der Waals surface area contributed by atoms with Crippen molar-refractivity contribution in [1.82, 2.24) is 4.90 Å². The summed E-state index contributed by atoms with van der Waals surface area (Å²) >= 11 is 0. The van der Waals surface area contributed by atoms with Crippen LogP contribution in [0.25, 0.3) is 0 Å². The standard InChI is InChI=1S/C20H28N2O3/c1-3-4-15-11-16(19(12-21)24-2)5-6-18(15)25-14-20(23)13-22-9-7-17(20)8-10-22/h3,5-6,11-12,17,19,21,23H,1,4,7-10,13-14H2,2H3. The molecule has 2 bridgehead atoms. The SMILES string of the molecule is C=CCc1cc(C(C=N)OC)ccc1OCC1(O)CN2CCC1CC2. The van der Waals surface area contributed by atoms with Gasteiger partial charge in [-0.2, -0.15) is 0 Å². The van der Waals surface area contributed by atoms with Crippen LogP contribution in [0.3, 0.4) is 0 Å². The van der Waals surface area contributed by atoms with E-state index in [1.165, 1.54) is 6.21 Å². The fourth-order valence-corrected chi connectivity index (χ4v) is 4.04. The van der Waals surface area contributed by atoms with E-state index >= 15 is 0 Å². The molecule has 0 aromatic heterocycles. The first-order chi connectivity index (χ1) is 12.1. The van der Waals surface area contributed by atoms with Gasteiger partial charge in [-0.05, 0) is 61.5 Å². The summed E-state index contributed by atoms with van der Waals surface area (Å²) in [4.78, 5) is 2.32. The summed E-state index contributed by atoms with van der Waals surface area (Å²) in [5.74, 6) is 1.10. The van der Waals surface area contributed by atoms with E-state index in [-0.39, 0.29) is 6.10 Å². The maximum Gasteiger partial charge on any atom is 0.122 e. The molecule has 3 heterocycles. The number of methoxy groups -OCH3 is 1. The zero-order valence-electron chi connectivity index (χ0n) is 14.9. The van der Waals surface area contributed by atoms with Gasteiger partial charge in [-0.1, -0.05) is 12.1 Å². The smallest absolute Gasteiger partial charge is 0.122 e. The summed E-state index contributed by atoms with van der Waals surface area (Å²) in [5, 5.41) is 18.5. The lowest BCUT2D eigenvalue weighted by Gasteiger charge is -2.50. The third kappa shape index (κ3) is 3.78. The van der Waals surface area contributed by atoms with E-state index in [0.717, 1.165) is 42.8 Å². The second-order valence-corrected chi connectivity index (χ2v) is 7.13. The molecule has 3 saturated heterocycles. The van der Waals surface area contributed by atoms with E-state index in [4.69, 9.17) is 14.9 Å². The highest BCUT2D eigenvalue weighted by atomic mass is 16.5. The molecule has 3 aliphatic heterocycles. The third-order valence-corrected chi connectivity index (χ3v) is 5.51. The number of aliphatic hydroxyl groups is 1. The van der Waals surface area contributed by atoms with Crippen LogP contribution in [-0.4, -0.2) is 55.2 Å². The minimum Gasteiger partial charge on any atom is -0.490 e. The molecule has 0 saturated carbocycles. The predicted octanol–water partition coefficient (Wildman–Crippen LogP) is 2.59. The van der Waals surface area contributed by atoms with Gasteiger partial charge in [0.1, 0.15) is 24.1 Å². The molecule has 3 fully saturated rings. The molecule has 2 unspecified atom stereocenters. The van der Waals surface area contributed by atoms with Crippen molar-refractivity contribution in [3.05, 3.63) is 42.0 Å². The number of benzene rings is 1. The Morgan fingerprint density at radius 3 is 2.76 bits per heavy atom. The molecule has 0 radical (unpaired) electrons. The Kier molecular flexibility index (Phi) is 5.57. The maximum atomic E-state index is 11.0. The van der Waals surface area contributed by atoms with Gasteiger partial charge in [0.2, 0.25) is 0 Å². The van der Waals surface area contributed by atoms with E-state index < -0.39 is 5.60 Å². The molecule has 1 aromatic carbocycles. The van der Waals surface area contributed by atoms with Gasteiger partial charge in [0.25, 0.3) is 0 Å². The third-order valence-electron chi connectivity index (χ3n) is 5.51. The molecule has 0 aliphatic carbocycles. The van der Waals surface area contributed by atoms with Gasteiger partial charge in [-0.25, -0.2) is 0 Å². The van der Waals surface area contributed by atoms with Gasteiger partial charge in [-0.15, -0.1) is 6.58 Å². The normalized spacial score (nSPS) is 29.2. The van der Waals surface area contributed by atoms with Crippen LogP contribution >= 0.6 is 0 Å². The number of fused-ring (bicyclic) bond motifs is 3. The number of nitrogens with zero attached hydrogens (tertiary/aromatic N) is 1. The van der Waals surface area contributed by atoms with Crippen LogP contribution in [-0.2, 0) is 11.2 Å². The predicted molar refractivity (Wildman–Crippen MR) is 98.5 cm³/mol. The molecule has 0 spiro atoms. The van der Waals surface area contributed by atoms with Crippen molar-refractivity contribution in [2.45, 2.75) is 31.0 Å². The van der Waals surface area contributed by atoms with Gasteiger partial charge < -0.3 is 24.9 Å². The summed E-state index contributed by atoms with van der Waals surface area (Å²) in [6.07, 6.45) is 5.53. The highest BCUT2D eigenvalue weighted by Crippen LogP contribution is 2.36. The van der Waals surface area contributed by atoms with E-state index in [9.17, 15) is 5.11 Å². The topological polar surface area (TPSA) is 65.8 Å². The highest BCUT2D eigenvalue weighted by molar-refractivity contribution is 5.63. The zero-order chi connectivity index (χ0) is 17.9.